The third-order valence-electron chi connectivity index (χ3n) is 2.66. The Labute approximate surface area is 115 Å². The summed E-state index contributed by atoms with van der Waals surface area (Å²) >= 11 is 4.80. The van der Waals surface area contributed by atoms with Gasteiger partial charge in [-0.15, -0.1) is 11.3 Å². The first-order chi connectivity index (χ1) is 8.65. The van der Waals surface area contributed by atoms with E-state index in [1.165, 1.54) is 23.5 Å². The molecule has 3 rings (SSSR count). The number of halogens is 2. The zero-order valence-corrected chi connectivity index (χ0v) is 11.5. The molecule has 0 aliphatic rings. The van der Waals surface area contributed by atoms with Gasteiger partial charge in [-0.25, -0.2) is 4.39 Å². The summed E-state index contributed by atoms with van der Waals surface area (Å²) in [6, 6.07) is 7.81. The highest BCUT2D eigenvalue weighted by molar-refractivity contribution is 9.10. The monoisotopic (exact) mass is 326 g/mol. The first kappa shape index (κ1) is 11.9. The lowest BCUT2D eigenvalue weighted by atomic mass is 10.2. The van der Waals surface area contributed by atoms with Crippen molar-refractivity contribution in [2.24, 2.45) is 0 Å². The number of benzene rings is 1. The number of aliphatic hydroxyl groups excluding tert-OH is 1. The number of fused-ring (bicyclic) bond motifs is 1. The highest BCUT2D eigenvalue weighted by Gasteiger charge is 2.19. The molecule has 0 radical (unpaired) electrons. The predicted molar refractivity (Wildman–Crippen MR) is 72.3 cm³/mol. The lowest BCUT2D eigenvalue weighted by molar-refractivity contribution is 0.195. The first-order valence-corrected chi connectivity index (χ1v) is 6.92. The number of furan rings is 1. The smallest absolute Gasteiger partial charge is 0.147 e. The molecule has 2 aromatic heterocycles. The number of hydrogen-bond donors (Lipinski definition) is 1. The summed E-state index contributed by atoms with van der Waals surface area (Å²) in [4.78, 5) is 0.773. The van der Waals surface area contributed by atoms with Gasteiger partial charge in [-0.1, -0.05) is 0 Å². The van der Waals surface area contributed by atoms with Crippen LogP contribution in [0.5, 0.6) is 0 Å². The summed E-state index contributed by atoms with van der Waals surface area (Å²) in [5, 5.41) is 12.8. The average Bonchev–Trinajstić information content (AvgIpc) is 2.93. The van der Waals surface area contributed by atoms with Crippen LogP contribution in [-0.4, -0.2) is 5.11 Å². The van der Waals surface area contributed by atoms with Crippen LogP contribution in [0.2, 0.25) is 0 Å². The van der Waals surface area contributed by atoms with E-state index in [0.717, 1.165) is 9.35 Å². The molecule has 2 heterocycles. The molecule has 0 amide bonds. The van der Waals surface area contributed by atoms with Crippen molar-refractivity contribution in [1.82, 2.24) is 0 Å². The van der Waals surface area contributed by atoms with Gasteiger partial charge >= 0.3 is 0 Å². The maximum Gasteiger partial charge on any atom is 0.147 e. The highest BCUT2D eigenvalue weighted by Crippen LogP contribution is 2.35. The van der Waals surface area contributed by atoms with Crippen LogP contribution in [0.4, 0.5) is 4.39 Å². The van der Waals surface area contributed by atoms with E-state index in [2.05, 4.69) is 15.9 Å². The van der Waals surface area contributed by atoms with E-state index in [0.29, 0.717) is 16.7 Å². The largest absolute Gasteiger partial charge is 0.458 e. The minimum Gasteiger partial charge on any atom is -0.458 e. The molecule has 0 saturated carbocycles. The predicted octanol–water partition coefficient (Wildman–Crippen LogP) is 4.48. The van der Waals surface area contributed by atoms with E-state index in [-0.39, 0.29) is 5.82 Å². The second-order valence-corrected chi connectivity index (χ2v) is 5.67. The average molecular weight is 327 g/mol. The van der Waals surface area contributed by atoms with Crippen LogP contribution in [0.15, 0.2) is 44.6 Å². The van der Waals surface area contributed by atoms with E-state index < -0.39 is 6.10 Å². The van der Waals surface area contributed by atoms with Gasteiger partial charge in [0.2, 0.25) is 0 Å². The minimum atomic E-state index is -0.838. The zero-order chi connectivity index (χ0) is 12.7. The van der Waals surface area contributed by atoms with Crippen LogP contribution in [-0.2, 0) is 0 Å². The Hall–Kier alpha value is -1.17. The van der Waals surface area contributed by atoms with Gasteiger partial charge in [-0.3, -0.25) is 0 Å². The Morgan fingerprint density at radius 2 is 2.11 bits per heavy atom. The molecule has 0 aliphatic carbocycles. The van der Waals surface area contributed by atoms with Crippen LogP contribution in [0.3, 0.4) is 0 Å². The van der Waals surface area contributed by atoms with Gasteiger partial charge in [0.15, 0.2) is 0 Å². The van der Waals surface area contributed by atoms with E-state index in [1.54, 1.807) is 12.1 Å². The van der Waals surface area contributed by atoms with Crippen LogP contribution in [0.25, 0.3) is 11.0 Å². The maximum absolute atomic E-state index is 13.1. The lowest BCUT2D eigenvalue weighted by Gasteiger charge is -2.05. The van der Waals surface area contributed by atoms with Gasteiger partial charge in [-0.2, -0.15) is 0 Å². The van der Waals surface area contributed by atoms with Crippen LogP contribution in [0, 0.1) is 5.82 Å². The van der Waals surface area contributed by atoms with Gasteiger partial charge in [0.1, 0.15) is 23.3 Å². The van der Waals surface area contributed by atoms with Gasteiger partial charge in [0.25, 0.3) is 0 Å². The Kier molecular flexibility index (Phi) is 2.97. The van der Waals surface area contributed by atoms with Crippen molar-refractivity contribution in [2.45, 2.75) is 6.10 Å². The summed E-state index contributed by atoms with van der Waals surface area (Å²) in [6.07, 6.45) is -0.838. The second-order valence-electron chi connectivity index (χ2n) is 3.87. The molecule has 18 heavy (non-hydrogen) atoms. The maximum atomic E-state index is 13.1. The molecule has 1 aromatic carbocycles. The molecule has 3 aromatic rings. The third-order valence-corrected chi connectivity index (χ3v) is 4.58. The molecule has 0 aliphatic heterocycles. The molecule has 92 valence electrons. The topological polar surface area (TPSA) is 33.4 Å². The van der Waals surface area contributed by atoms with E-state index >= 15 is 0 Å². The summed E-state index contributed by atoms with van der Waals surface area (Å²) < 4.78 is 19.4. The standard InChI is InChI=1S/C13H8BrFO2S/c14-9-3-4-18-13(9)12(16)11-6-7-5-8(15)1-2-10(7)17-11/h1-6,12,16H. The van der Waals surface area contributed by atoms with Crippen LogP contribution < -0.4 is 0 Å². The number of rotatable bonds is 2. The van der Waals surface area contributed by atoms with Crippen molar-refractivity contribution in [3.05, 3.63) is 56.6 Å². The van der Waals surface area contributed by atoms with E-state index in [1.807, 2.05) is 11.4 Å². The van der Waals surface area contributed by atoms with Crippen molar-refractivity contribution in [3.8, 4) is 0 Å². The summed E-state index contributed by atoms with van der Waals surface area (Å²) in [5.74, 6) is 0.0976. The van der Waals surface area contributed by atoms with Crippen molar-refractivity contribution < 1.29 is 13.9 Å². The summed E-state index contributed by atoms with van der Waals surface area (Å²) in [7, 11) is 0. The molecule has 1 unspecified atom stereocenters. The fourth-order valence-electron chi connectivity index (χ4n) is 1.80. The highest BCUT2D eigenvalue weighted by atomic mass is 79.9. The zero-order valence-electron chi connectivity index (χ0n) is 9.06. The molecular weight excluding hydrogens is 319 g/mol. The number of aliphatic hydroxyl groups is 1. The van der Waals surface area contributed by atoms with Crippen LogP contribution >= 0.6 is 27.3 Å². The summed E-state index contributed by atoms with van der Waals surface area (Å²) in [6.45, 7) is 0. The molecule has 2 nitrogen and oxygen atoms in total. The third kappa shape index (κ3) is 1.98. The normalized spacial score (nSPS) is 13.1. The molecule has 1 N–H and O–H groups in total. The van der Waals surface area contributed by atoms with Crippen LogP contribution in [0.1, 0.15) is 16.7 Å². The summed E-state index contributed by atoms with van der Waals surface area (Å²) in [5.41, 5.74) is 0.568. The first-order valence-electron chi connectivity index (χ1n) is 5.25. The quantitative estimate of drug-likeness (QED) is 0.753. The molecule has 0 bridgehead atoms. The Bertz CT molecular complexity index is 704. The van der Waals surface area contributed by atoms with Crippen molar-refractivity contribution >= 4 is 38.2 Å². The Balaban J connectivity index is 2.07. The number of thiophene rings is 1. The Morgan fingerprint density at radius 1 is 1.28 bits per heavy atom. The van der Waals surface area contributed by atoms with Gasteiger partial charge in [0.05, 0.1) is 4.88 Å². The van der Waals surface area contributed by atoms with Crippen molar-refractivity contribution in [3.63, 3.8) is 0 Å². The number of hydrogen-bond acceptors (Lipinski definition) is 3. The SMILES string of the molecule is OC(c1cc2cc(F)ccc2o1)c1sccc1Br. The molecule has 5 heteroatoms. The molecule has 0 fully saturated rings. The van der Waals surface area contributed by atoms with Crippen molar-refractivity contribution in [1.29, 1.82) is 0 Å². The van der Waals surface area contributed by atoms with Crippen molar-refractivity contribution in [2.75, 3.05) is 0 Å². The fourth-order valence-corrected chi connectivity index (χ4v) is 3.38. The van der Waals surface area contributed by atoms with E-state index in [4.69, 9.17) is 4.42 Å². The van der Waals surface area contributed by atoms with Gasteiger partial charge < -0.3 is 9.52 Å². The van der Waals surface area contributed by atoms with E-state index in [9.17, 15) is 9.50 Å². The minimum absolute atomic E-state index is 0.318. The van der Waals surface area contributed by atoms with Gasteiger partial charge in [0, 0.05) is 9.86 Å². The molecule has 0 saturated heterocycles. The molecule has 1 atom stereocenters. The second kappa shape index (κ2) is 4.50. The molecule has 0 spiro atoms. The molecular formula is C13H8BrFO2S. The van der Waals surface area contributed by atoms with Gasteiger partial charge in [-0.05, 0) is 51.6 Å². The fraction of sp³-hybridized carbons (Fsp3) is 0.0769. The lowest BCUT2D eigenvalue weighted by Crippen LogP contribution is -1.95. The Morgan fingerprint density at radius 3 is 2.83 bits per heavy atom.